The average Bonchev–Trinajstić information content (AvgIpc) is 2.57. The molecule has 0 aromatic heterocycles. The Morgan fingerprint density at radius 1 is 0.909 bits per heavy atom. The molecule has 1 heterocycles. The van der Waals surface area contributed by atoms with Gasteiger partial charge >= 0.3 is 0 Å². The van der Waals surface area contributed by atoms with Gasteiger partial charge in [0.05, 0.1) is 6.10 Å². The van der Waals surface area contributed by atoms with Crippen LogP contribution in [0.4, 0.5) is 5.69 Å². The van der Waals surface area contributed by atoms with E-state index in [4.69, 9.17) is 0 Å². The van der Waals surface area contributed by atoms with Crippen LogP contribution in [0.2, 0.25) is 0 Å². The van der Waals surface area contributed by atoms with E-state index in [2.05, 4.69) is 52.3 Å². The second kappa shape index (κ2) is 6.95. The third-order valence-corrected chi connectivity index (χ3v) is 4.36. The Kier molecular flexibility index (Phi) is 4.76. The van der Waals surface area contributed by atoms with E-state index in [0.717, 1.165) is 38.3 Å². The predicted molar refractivity (Wildman–Crippen MR) is 91.0 cm³/mol. The Morgan fingerprint density at radius 3 is 2.14 bits per heavy atom. The van der Waals surface area contributed by atoms with E-state index < -0.39 is 0 Å². The van der Waals surface area contributed by atoms with Crippen LogP contribution < -0.4 is 4.90 Å². The van der Waals surface area contributed by atoms with Gasteiger partial charge in [0.15, 0.2) is 0 Å². The van der Waals surface area contributed by atoms with Crippen LogP contribution in [0, 0.1) is 0 Å². The number of hydrogen-bond acceptors (Lipinski definition) is 3. The van der Waals surface area contributed by atoms with Crippen molar-refractivity contribution in [2.45, 2.75) is 19.6 Å². The largest absolute Gasteiger partial charge is 0.389 e. The first kappa shape index (κ1) is 15.1. The molecular formula is C19H24N2O. The quantitative estimate of drug-likeness (QED) is 0.939. The summed E-state index contributed by atoms with van der Waals surface area (Å²) in [5.41, 5.74) is 3.62. The van der Waals surface area contributed by atoms with Crippen LogP contribution in [-0.4, -0.2) is 36.2 Å². The molecule has 3 nitrogen and oxygen atoms in total. The van der Waals surface area contributed by atoms with Crippen LogP contribution in [0.1, 0.15) is 24.2 Å². The topological polar surface area (TPSA) is 26.7 Å². The highest BCUT2D eigenvalue weighted by atomic mass is 16.3. The summed E-state index contributed by atoms with van der Waals surface area (Å²) in [5, 5.41) is 9.56. The van der Waals surface area contributed by atoms with Crippen molar-refractivity contribution in [2.75, 3.05) is 31.1 Å². The van der Waals surface area contributed by atoms with Crippen molar-refractivity contribution in [3.05, 3.63) is 65.7 Å². The van der Waals surface area contributed by atoms with Crippen molar-refractivity contribution < 1.29 is 5.11 Å². The lowest BCUT2D eigenvalue weighted by molar-refractivity contribution is 0.199. The summed E-state index contributed by atoms with van der Waals surface area (Å²) >= 11 is 0. The van der Waals surface area contributed by atoms with Crippen LogP contribution >= 0.6 is 0 Å². The van der Waals surface area contributed by atoms with Gasteiger partial charge in [-0.2, -0.15) is 0 Å². The monoisotopic (exact) mass is 296 g/mol. The van der Waals surface area contributed by atoms with E-state index in [1.165, 1.54) is 11.3 Å². The lowest BCUT2D eigenvalue weighted by Gasteiger charge is -2.36. The average molecular weight is 296 g/mol. The zero-order valence-electron chi connectivity index (χ0n) is 13.2. The molecule has 0 aliphatic carbocycles. The molecule has 1 aliphatic heterocycles. The van der Waals surface area contributed by atoms with Gasteiger partial charge in [-0.1, -0.05) is 42.5 Å². The van der Waals surface area contributed by atoms with E-state index >= 15 is 0 Å². The van der Waals surface area contributed by atoms with Gasteiger partial charge in [0, 0.05) is 38.4 Å². The number of benzene rings is 2. The molecule has 1 N–H and O–H groups in total. The van der Waals surface area contributed by atoms with Crippen LogP contribution in [0.5, 0.6) is 0 Å². The predicted octanol–water partition coefficient (Wildman–Crippen LogP) is 3.06. The summed E-state index contributed by atoms with van der Waals surface area (Å²) in [6.45, 7) is 7.13. The number of para-hydroxylation sites is 1. The minimum absolute atomic E-state index is 0.386. The normalized spacial score (nSPS) is 17.5. The van der Waals surface area contributed by atoms with Crippen molar-refractivity contribution >= 4 is 5.69 Å². The molecule has 1 fully saturated rings. The number of anilines is 1. The molecule has 2 aromatic rings. The number of rotatable bonds is 4. The second-order valence-electron chi connectivity index (χ2n) is 6.02. The molecule has 0 radical (unpaired) electrons. The summed E-state index contributed by atoms with van der Waals surface area (Å²) in [6.07, 6.45) is -0.386. The number of aliphatic hydroxyl groups excluding tert-OH is 1. The fourth-order valence-electron chi connectivity index (χ4n) is 2.96. The summed E-state index contributed by atoms with van der Waals surface area (Å²) in [7, 11) is 0. The van der Waals surface area contributed by atoms with Gasteiger partial charge in [0.1, 0.15) is 0 Å². The number of hydrogen-bond donors (Lipinski definition) is 1. The Balaban J connectivity index is 1.53. The third-order valence-electron chi connectivity index (χ3n) is 4.36. The molecule has 22 heavy (non-hydrogen) atoms. The molecule has 1 aliphatic rings. The third kappa shape index (κ3) is 3.67. The van der Waals surface area contributed by atoms with Gasteiger partial charge in [-0.3, -0.25) is 4.90 Å². The van der Waals surface area contributed by atoms with Gasteiger partial charge in [-0.25, -0.2) is 0 Å². The van der Waals surface area contributed by atoms with Crippen molar-refractivity contribution in [2.24, 2.45) is 0 Å². The first-order valence-corrected chi connectivity index (χ1v) is 8.01. The van der Waals surface area contributed by atoms with Gasteiger partial charge in [-0.15, -0.1) is 0 Å². The van der Waals surface area contributed by atoms with Crippen molar-refractivity contribution in [1.29, 1.82) is 0 Å². The molecule has 1 saturated heterocycles. The fraction of sp³-hybridized carbons (Fsp3) is 0.368. The highest BCUT2D eigenvalue weighted by molar-refractivity contribution is 5.46. The number of aliphatic hydroxyl groups is 1. The fourth-order valence-corrected chi connectivity index (χ4v) is 2.96. The molecule has 2 aromatic carbocycles. The molecule has 1 unspecified atom stereocenters. The highest BCUT2D eigenvalue weighted by Crippen LogP contribution is 2.18. The van der Waals surface area contributed by atoms with E-state index in [1.807, 2.05) is 12.1 Å². The molecule has 0 amide bonds. The molecule has 3 heteroatoms. The maximum absolute atomic E-state index is 9.56. The highest BCUT2D eigenvalue weighted by Gasteiger charge is 2.17. The van der Waals surface area contributed by atoms with Crippen LogP contribution in [0.25, 0.3) is 0 Å². The van der Waals surface area contributed by atoms with E-state index in [9.17, 15) is 5.11 Å². The Labute approximate surface area is 132 Å². The van der Waals surface area contributed by atoms with Gasteiger partial charge in [-0.05, 0) is 30.2 Å². The maximum atomic E-state index is 9.56. The molecule has 3 rings (SSSR count). The van der Waals surface area contributed by atoms with Crippen molar-refractivity contribution in [3.8, 4) is 0 Å². The van der Waals surface area contributed by atoms with Crippen LogP contribution in [0.15, 0.2) is 54.6 Å². The van der Waals surface area contributed by atoms with E-state index in [0.29, 0.717) is 0 Å². The molecule has 1 atom stereocenters. The maximum Gasteiger partial charge on any atom is 0.0761 e. The number of nitrogens with zero attached hydrogens (tertiary/aromatic N) is 2. The zero-order valence-corrected chi connectivity index (χ0v) is 13.2. The summed E-state index contributed by atoms with van der Waals surface area (Å²) in [5.74, 6) is 0. The van der Waals surface area contributed by atoms with Crippen molar-refractivity contribution in [1.82, 2.24) is 4.90 Å². The SMILES string of the molecule is CC(O)c1ccc(CN2CCN(c3ccccc3)CC2)cc1. The lowest BCUT2D eigenvalue weighted by Crippen LogP contribution is -2.45. The van der Waals surface area contributed by atoms with Crippen molar-refractivity contribution in [3.63, 3.8) is 0 Å². The Hall–Kier alpha value is -1.84. The smallest absolute Gasteiger partial charge is 0.0761 e. The summed E-state index contributed by atoms with van der Waals surface area (Å²) in [6, 6.07) is 19.0. The molecule has 0 bridgehead atoms. The minimum atomic E-state index is -0.386. The van der Waals surface area contributed by atoms with E-state index in [1.54, 1.807) is 6.92 Å². The Morgan fingerprint density at radius 2 is 1.55 bits per heavy atom. The standard InChI is InChI=1S/C19H24N2O/c1-16(22)18-9-7-17(8-10-18)15-20-11-13-21(14-12-20)19-5-3-2-4-6-19/h2-10,16,22H,11-15H2,1H3. The van der Waals surface area contributed by atoms with Crippen LogP contribution in [0.3, 0.4) is 0 Å². The molecule has 0 saturated carbocycles. The summed E-state index contributed by atoms with van der Waals surface area (Å²) < 4.78 is 0. The molecular weight excluding hydrogens is 272 g/mol. The first-order chi connectivity index (χ1) is 10.7. The van der Waals surface area contributed by atoms with E-state index in [-0.39, 0.29) is 6.10 Å². The number of piperazine rings is 1. The lowest BCUT2D eigenvalue weighted by atomic mass is 10.1. The molecule has 116 valence electrons. The van der Waals surface area contributed by atoms with Crippen LogP contribution in [-0.2, 0) is 6.54 Å². The zero-order chi connectivity index (χ0) is 15.4. The van der Waals surface area contributed by atoms with Gasteiger partial charge in [0.2, 0.25) is 0 Å². The van der Waals surface area contributed by atoms with Gasteiger partial charge < -0.3 is 10.0 Å². The minimum Gasteiger partial charge on any atom is -0.389 e. The Bertz CT molecular complexity index is 572. The molecule has 0 spiro atoms. The second-order valence-corrected chi connectivity index (χ2v) is 6.02. The first-order valence-electron chi connectivity index (χ1n) is 8.01. The summed E-state index contributed by atoms with van der Waals surface area (Å²) in [4.78, 5) is 4.95. The van der Waals surface area contributed by atoms with Gasteiger partial charge in [0.25, 0.3) is 0 Å².